The normalized spacial score (nSPS) is 11.4. The van der Waals surface area contributed by atoms with Crippen molar-refractivity contribution < 1.29 is 23.8 Å². The molecule has 3 heterocycles. The second-order valence-electron chi connectivity index (χ2n) is 6.18. The average Bonchev–Trinajstić information content (AvgIpc) is 3.32. The van der Waals surface area contributed by atoms with Gasteiger partial charge in [0.05, 0.1) is 15.8 Å². The highest BCUT2D eigenvalue weighted by Crippen LogP contribution is 2.39. The van der Waals surface area contributed by atoms with E-state index in [0.717, 1.165) is 11.3 Å². The van der Waals surface area contributed by atoms with Crippen molar-refractivity contribution in [1.82, 2.24) is 10.3 Å². The number of halogens is 2. The molecule has 0 saturated heterocycles. The maximum absolute atomic E-state index is 13.3. The standard InChI is InChI=1S/C20H14ClFN2O4S/c1-23-18(25)15-13-7-12(10-6-14(20(26)27)29-8-10)17(21)24-19(13)28-16(15)9-2-4-11(22)5-3-9/h2-8,20,26-27H,1H3,(H,23,25). The minimum Gasteiger partial charge on any atom is -0.437 e. The lowest BCUT2D eigenvalue weighted by molar-refractivity contribution is -0.0395. The second kappa shape index (κ2) is 7.57. The molecule has 0 saturated carbocycles. The molecule has 0 radical (unpaired) electrons. The number of amides is 1. The number of furan rings is 1. The van der Waals surface area contributed by atoms with Crippen LogP contribution in [0.15, 0.2) is 46.2 Å². The van der Waals surface area contributed by atoms with Crippen molar-refractivity contribution in [3.63, 3.8) is 0 Å². The highest BCUT2D eigenvalue weighted by molar-refractivity contribution is 7.10. The van der Waals surface area contributed by atoms with Crippen molar-refractivity contribution >= 4 is 39.9 Å². The fourth-order valence-corrected chi connectivity index (χ4v) is 4.00. The van der Waals surface area contributed by atoms with Gasteiger partial charge in [0, 0.05) is 18.2 Å². The quantitative estimate of drug-likeness (QED) is 0.329. The Kier molecular flexibility index (Phi) is 5.10. The molecule has 29 heavy (non-hydrogen) atoms. The van der Waals surface area contributed by atoms with Crippen molar-refractivity contribution in [2.24, 2.45) is 0 Å². The van der Waals surface area contributed by atoms with Crippen molar-refractivity contribution in [3.8, 4) is 22.5 Å². The highest BCUT2D eigenvalue weighted by atomic mass is 35.5. The number of thiophene rings is 1. The third kappa shape index (κ3) is 3.51. The number of fused-ring (bicyclic) bond motifs is 1. The average molecular weight is 433 g/mol. The van der Waals surface area contributed by atoms with Crippen LogP contribution in [-0.4, -0.2) is 28.2 Å². The van der Waals surface area contributed by atoms with Crippen LogP contribution in [0.5, 0.6) is 0 Å². The van der Waals surface area contributed by atoms with Crippen LogP contribution in [0.1, 0.15) is 21.5 Å². The number of nitrogens with zero attached hydrogens (tertiary/aromatic N) is 1. The van der Waals surface area contributed by atoms with Gasteiger partial charge in [-0.3, -0.25) is 4.79 Å². The fourth-order valence-electron chi connectivity index (χ4n) is 2.99. The van der Waals surface area contributed by atoms with E-state index < -0.39 is 18.0 Å². The Balaban J connectivity index is 1.95. The second-order valence-corrected chi connectivity index (χ2v) is 7.48. The van der Waals surface area contributed by atoms with Crippen molar-refractivity contribution in [2.45, 2.75) is 6.29 Å². The molecule has 0 aliphatic rings. The molecule has 1 amide bonds. The van der Waals surface area contributed by atoms with Gasteiger partial charge in [-0.2, -0.15) is 0 Å². The number of hydrogen-bond donors (Lipinski definition) is 3. The minimum absolute atomic E-state index is 0.136. The number of aliphatic hydroxyl groups is 2. The fraction of sp³-hybridized carbons (Fsp3) is 0.100. The van der Waals surface area contributed by atoms with E-state index in [-0.39, 0.29) is 22.2 Å². The van der Waals surface area contributed by atoms with E-state index in [0.29, 0.717) is 27.0 Å². The number of aliphatic hydroxyl groups excluding tert-OH is 1. The lowest BCUT2D eigenvalue weighted by Gasteiger charge is -2.04. The Morgan fingerprint density at radius 2 is 1.97 bits per heavy atom. The van der Waals surface area contributed by atoms with Gasteiger partial charge in [-0.05, 0) is 47.3 Å². The monoisotopic (exact) mass is 432 g/mol. The van der Waals surface area contributed by atoms with Crippen LogP contribution < -0.4 is 5.32 Å². The van der Waals surface area contributed by atoms with Crippen molar-refractivity contribution in [3.05, 3.63) is 63.2 Å². The first-order chi connectivity index (χ1) is 13.9. The minimum atomic E-state index is -1.59. The number of pyridine rings is 1. The van der Waals surface area contributed by atoms with Gasteiger partial charge < -0.3 is 19.9 Å². The van der Waals surface area contributed by atoms with Gasteiger partial charge in [-0.15, -0.1) is 11.3 Å². The Morgan fingerprint density at radius 3 is 2.59 bits per heavy atom. The van der Waals surface area contributed by atoms with Gasteiger partial charge in [-0.1, -0.05) is 11.6 Å². The molecule has 9 heteroatoms. The van der Waals surface area contributed by atoms with E-state index in [2.05, 4.69) is 10.3 Å². The first-order valence-electron chi connectivity index (χ1n) is 8.45. The Labute approximate surface area is 173 Å². The lowest BCUT2D eigenvalue weighted by atomic mass is 10.0. The van der Waals surface area contributed by atoms with Gasteiger partial charge in [0.2, 0.25) is 5.71 Å². The Hall–Kier alpha value is -2.78. The first kappa shape index (κ1) is 19.5. The van der Waals surface area contributed by atoms with Crippen LogP contribution in [0.4, 0.5) is 4.39 Å². The molecule has 0 aliphatic heterocycles. The third-order valence-corrected chi connectivity index (χ3v) is 5.64. The molecule has 1 aromatic carbocycles. The zero-order valence-electron chi connectivity index (χ0n) is 14.9. The molecule has 0 unspecified atom stereocenters. The Bertz CT molecular complexity index is 1220. The third-order valence-electron chi connectivity index (χ3n) is 4.38. The summed E-state index contributed by atoms with van der Waals surface area (Å²) in [5, 5.41) is 23.5. The summed E-state index contributed by atoms with van der Waals surface area (Å²) in [4.78, 5) is 17.2. The summed E-state index contributed by atoms with van der Waals surface area (Å²) in [5.41, 5.74) is 2.07. The summed E-state index contributed by atoms with van der Waals surface area (Å²) in [5.74, 6) is -0.555. The maximum Gasteiger partial charge on any atom is 0.255 e. The van der Waals surface area contributed by atoms with Crippen LogP contribution >= 0.6 is 22.9 Å². The van der Waals surface area contributed by atoms with E-state index in [9.17, 15) is 19.4 Å². The number of benzene rings is 1. The van der Waals surface area contributed by atoms with Crippen molar-refractivity contribution in [1.29, 1.82) is 0 Å². The van der Waals surface area contributed by atoms with Gasteiger partial charge in [0.1, 0.15) is 16.7 Å². The molecular formula is C20H14ClFN2O4S. The van der Waals surface area contributed by atoms with Crippen molar-refractivity contribution in [2.75, 3.05) is 7.05 Å². The van der Waals surface area contributed by atoms with Crippen LogP contribution in [0.25, 0.3) is 33.6 Å². The summed E-state index contributed by atoms with van der Waals surface area (Å²) in [6, 6.07) is 8.82. The molecule has 0 spiro atoms. The molecular weight excluding hydrogens is 419 g/mol. The number of hydrogen-bond acceptors (Lipinski definition) is 6. The van der Waals surface area contributed by atoms with E-state index in [4.69, 9.17) is 16.0 Å². The van der Waals surface area contributed by atoms with Crippen LogP contribution in [0, 0.1) is 5.82 Å². The molecule has 3 aromatic heterocycles. The number of carbonyl (C=O) groups excluding carboxylic acids is 1. The molecule has 0 fully saturated rings. The first-order valence-corrected chi connectivity index (χ1v) is 9.70. The molecule has 3 N–H and O–H groups in total. The van der Waals surface area contributed by atoms with Gasteiger partial charge >= 0.3 is 0 Å². The summed E-state index contributed by atoms with van der Waals surface area (Å²) < 4.78 is 19.1. The molecule has 0 bridgehead atoms. The van der Waals surface area contributed by atoms with Crippen LogP contribution in [0.2, 0.25) is 5.15 Å². The highest BCUT2D eigenvalue weighted by Gasteiger charge is 2.24. The zero-order valence-corrected chi connectivity index (χ0v) is 16.5. The molecule has 4 aromatic rings. The van der Waals surface area contributed by atoms with E-state index in [1.165, 1.54) is 31.3 Å². The topological polar surface area (TPSA) is 95.6 Å². The largest absolute Gasteiger partial charge is 0.437 e. The van der Waals surface area contributed by atoms with Crippen LogP contribution in [0.3, 0.4) is 0 Å². The SMILES string of the molecule is CNC(=O)c1c(-c2ccc(F)cc2)oc2nc(Cl)c(-c3csc(C(O)O)c3)cc12. The predicted octanol–water partition coefficient (Wildman–Crippen LogP) is 4.36. The zero-order chi connectivity index (χ0) is 20.7. The molecule has 148 valence electrons. The van der Waals surface area contributed by atoms with Gasteiger partial charge in [0.15, 0.2) is 6.29 Å². The lowest BCUT2D eigenvalue weighted by Crippen LogP contribution is -2.18. The number of aromatic nitrogens is 1. The number of nitrogens with one attached hydrogen (secondary N) is 1. The molecule has 4 rings (SSSR count). The summed E-state index contributed by atoms with van der Waals surface area (Å²) >= 11 is 7.49. The Morgan fingerprint density at radius 1 is 1.24 bits per heavy atom. The summed E-state index contributed by atoms with van der Waals surface area (Å²) in [6.07, 6.45) is -1.59. The molecule has 6 nitrogen and oxygen atoms in total. The van der Waals surface area contributed by atoms with Gasteiger partial charge in [0.25, 0.3) is 5.91 Å². The predicted molar refractivity (Wildman–Crippen MR) is 108 cm³/mol. The smallest absolute Gasteiger partial charge is 0.255 e. The number of rotatable bonds is 4. The van der Waals surface area contributed by atoms with Gasteiger partial charge in [-0.25, -0.2) is 9.37 Å². The maximum atomic E-state index is 13.3. The van der Waals surface area contributed by atoms with E-state index >= 15 is 0 Å². The summed E-state index contributed by atoms with van der Waals surface area (Å²) in [6.45, 7) is 0. The van der Waals surface area contributed by atoms with E-state index in [1.54, 1.807) is 17.5 Å². The molecule has 0 aliphatic carbocycles. The summed E-state index contributed by atoms with van der Waals surface area (Å²) in [7, 11) is 1.49. The van der Waals surface area contributed by atoms with E-state index in [1.807, 2.05) is 0 Å². The number of carbonyl (C=O) groups is 1. The molecule has 0 atom stereocenters. The van der Waals surface area contributed by atoms with Crippen LogP contribution in [-0.2, 0) is 0 Å².